The minimum Gasteiger partial charge on any atom is -0.339 e. The van der Waals surface area contributed by atoms with Gasteiger partial charge in [-0.15, -0.1) is 24.8 Å². The molecule has 1 aliphatic heterocycles. The lowest BCUT2D eigenvalue weighted by atomic mass is 9.96. The lowest BCUT2D eigenvalue weighted by Gasteiger charge is -2.32. The number of nitrogens with one attached hydrogen (secondary N) is 1. The first kappa shape index (κ1) is 23.4. The molecular formula is C19H29Cl2N5O. The van der Waals surface area contributed by atoms with Crippen molar-refractivity contribution in [2.75, 3.05) is 26.2 Å². The van der Waals surface area contributed by atoms with Gasteiger partial charge in [-0.1, -0.05) is 19.9 Å². The zero-order chi connectivity index (χ0) is 17.6. The van der Waals surface area contributed by atoms with Gasteiger partial charge in [0.25, 0.3) is 5.91 Å². The van der Waals surface area contributed by atoms with Crippen molar-refractivity contribution in [2.24, 2.45) is 5.92 Å². The summed E-state index contributed by atoms with van der Waals surface area (Å²) in [4.78, 5) is 19.3. The van der Waals surface area contributed by atoms with Crippen LogP contribution in [0, 0.1) is 5.92 Å². The lowest BCUT2D eigenvalue weighted by molar-refractivity contribution is 0.0689. The van der Waals surface area contributed by atoms with Crippen LogP contribution in [0.15, 0.2) is 30.6 Å². The number of piperidine rings is 1. The van der Waals surface area contributed by atoms with Crippen LogP contribution in [0.2, 0.25) is 0 Å². The van der Waals surface area contributed by atoms with Gasteiger partial charge >= 0.3 is 0 Å². The number of carbonyl (C=O) groups excluding carboxylic acids is 1. The third-order valence-corrected chi connectivity index (χ3v) is 4.89. The van der Waals surface area contributed by atoms with Crippen LogP contribution in [-0.2, 0) is 6.42 Å². The lowest BCUT2D eigenvalue weighted by Crippen LogP contribution is -2.41. The molecule has 1 N–H and O–H groups in total. The molecule has 1 aliphatic rings. The molecule has 0 unspecified atom stereocenters. The Kier molecular flexibility index (Phi) is 9.77. The molecule has 1 fully saturated rings. The van der Waals surface area contributed by atoms with Gasteiger partial charge < -0.3 is 10.2 Å². The van der Waals surface area contributed by atoms with Crippen LogP contribution in [0.5, 0.6) is 0 Å². The van der Waals surface area contributed by atoms with Gasteiger partial charge in [0.05, 0.1) is 17.5 Å². The van der Waals surface area contributed by atoms with E-state index in [1.807, 2.05) is 23.1 Å². The number of nitrogens with zero attached hydrogens (tertiary/aromatic N) is 4. The fourth-order valence-electron chi connectivity index (χ4n) is 3.43. The van der Waals surface area contributed by atoms with Crippen molar-refractivity contribution in [3.05, 3.63) is 41.9 Å². The van der Waals surface area contributed by atoms with Crippen molar-refractivity contribution in [2.45, 2.75) is 33.1 Å². The van der Waals surface area contributed by atoms with E-state index in [0.29, 0.717) is 11.5 Å². The van der Waals surface area contributed by atoms with Crippen LogP contribution < -0.4 is 5.32 Å². The number of amides is 1. The molecular weight excluding hydrogens is 385 g/mol. The number of halogens is 2. The SMILES string of the molecule is CCNCC1CCN(C(=O)c2cnn(-c3ccccn3)c2CC)CC1.Cl.Cl. The molecule has 0 bridgehead atoms. The minimum atomic E-state index is 0. The van der Waals surface area contributed by atoms with Crippen molar-refractivity contribution in [1.29, 1.82) is 0 Å². The fraction of sp³-hybridized carbons (Fsp3) is 0.526. The highest BCUT2D eigenvalue weighted by atomic mass is 35.5. The minimum absolute atomic E-state index is 0. The summed E-state index contributed by atoms with van der Waals surface area (Å²) >= 11 is 0. The van der Waals surface area contributed by atoms with Crippen LogP contribution in [0.4, 0.5) is 0 Å². The van der Waals surface area contributed by atoms with Crippen molar-refractivity contribution in [1.82, 2.24) is 25.0 Å². The van der Waals surface area contributed by atoms with Gasteiger partial charge in [0.1, 0.15) is 0 Å². The number of likely N-dealkylation sites (tertiary alicyclic amines) is 1. The average molecular weight is 414 g/mol. The van der Waals surface area contributed by atoms with E-state index < -0.39 is 0 Å². The highest BCUT2D eigenvalue weighted by Gasteiger charge is 2.26. The topological polar surface area (TPSA) is 63.1 Å². The third-order valence-electron chi connectivity index (χ3n) is 4.89. The molecule has 8 heteroatoms. The Morgan fingerprint density at radius 3 is 2.56 bits per heavy atom. The molecule has 2 aromatic heterocycles. The second-order valence-corrected chi connectivity index (χ2v) is 6.50. The maximum absolute atomic E-state index is 13.0. The quantitative estimate of drug-likeness (QED) is 0.789. The Morgan fingerprint density at radius 1 is 1.22 bits per heavy atom. The second-order valence-electron chi connectivity index (χ2n) is 6.50. The van der Waals surface area contributed by atoms with Gasteiger partial charge in [0.2, 0.25) is 0 Å². The zero-order valence-corrected chi connectivity index (χ0v) is 17.6. The monoisotopic (exact) mass is 413 g/mol. The van der Waals surface area contributed by atoms with E-state index in [1.54, 1.807) is 17.1 Å². The number of rotatable bonds is 6. The molecule has 150 valence electrons. The van der Waals surface area contributed by atoms with Gasteiger partial charge in [-0.2, -0.15) is 5.10 Å². The van der Waals surface area contributed by atoms with Crippen molar-refractivity contribution < 1.29 is 4.79 Å². The fourth-order valence-corrected chi connectivity index (χ4v) is 3.43. The average Bonchev–Trinajstić information content (AvgIpc) is 3.11. The van der Waals surface area contributed by atoms with E-state index in [1.165, 1.54) is 0 Å². The molecule has 1 amide bonds. The molecule has 3 heterocycles. The number of aromatic nitrogens is 3. The van der Waals surface area contributed by atoms with E-state index in [9.17, 15) is 4.79 Å². The number of pyridine rings is 1. The predicted octanol–water partition coefficient (Wildman–Crippen LogP) is 3.14. The summed E-state index contributed by atoms with van der Waals surface area (Å²) in [5, 5.41) is 7.84. The Labute approximate surface area is 173 Å². The molecule has 0 saturated carbocycles. The largest absolute Gasteiger partial charge is 0.339 e. The maximum Gasteiger partial charge on any atom is 0.257 e. The molecule has 0 atom stereocenters. The first-order valence-corrected chi connectivity index (χ1v) is 9.22. The van der Waals surface area contributed by atoms with Gasteiger partial charge in [-0.25, -0.2) is 9.67 Å². The Morgan fingerprint density at radius 2 is 1.96 bits per heavy atom. The molecule has 0 spiro atoms. The molecule has 0 aliphatic carbocycles. The third kappa shape index (κ3) is 5.43. The Bertz CT molecular complexity index is 699. The highest BCUT2D eigenvalue weighted by molar-refractivity contribution is 5.95. The zero-order valence-electron chi connectivity index (χ0n) is 15.9. The van der Waals surface area contributed by atoms with Gasteiger partial charge in [-0.05, 0) is 50.4 Å². The van der Waals surface area contributed by atoms with Crippen LogP contribution in [-0.4, -0.2) is 51.8 Å². The molecule has 1 saturated heterocycles. The van der Waals surface area contributed by atoms with E-state index in [2.05, 4.69) is 29.2 Å². The van der Waals surface area contributed by atoms with Gasteiger partial charge in [-0.3, -0.25) is 4.79 Å². The molecule has 27 heavy (non-hydrogen) atoms. The van der Waals surface area contributed by atoms with Crippen LogP contribution in [0.1, 0.15) is 42.7 Å². The standard InChI is InChI=1S/C19H27N5O.2ClH/c1-3-17-16(14-22-24(17)18-7-5-6-10-21-18)19(25)23-11-8-15(9-12-23)13-20-4-2;;/h5-7,10,14-15,20H,3-4,8-9,11-13H2,1-2H3;2*1H. The summed E-state index contributed by atoms with van der Waals surface area (Å²) in [6, 6.07) is 5.72. The van der Waals surface area contributed by atoms with E-state index in [0.717, 1.165) is 57.0 Å². The Hall–Kier alpha value is -1.63. The van der Waals surface area contributed by atoms with Crippen LogP contribution in [0.3, 0.4) is 0 Å². The van der Waals surface area contributed by atoms with Crippen LogP contribution >= 0.6 is 24.8 Å². The summed E-state index contributed by atoms with van der Waals surface area (Å²) in [6.07, 6.45) is 6.31. The molecule has 2 aromatic rings. The number of carbonyl (C=O) groups is 1. The van der Waals surface area contributed by atoms with E-state index >= 15 is 0 Å². The van der Waals surface area contributed by atoms with Crippen LogP contribution in [0.25, 0.3) is 5.82 Å². The normalized spacial score (nSPS) is 14.4. The first-order chi connectivity index (χ1) is 12.2. The van der Waals surface area contributed by atoms with E-state index in [4.69, 9.17) is 0 Å². The smallest absolute Gasteiger partial charge is 0.257 e. The highest BCUT2D eigenvalue weighted by Crippen LogP contribution is 2.21. The summed E-state index contributed by atoms with van der Waals surface area (Å²) in [7, 11) is 0. The summed E-state index contributed by atoms with van der Waals surface area (Å²) < 4.78 is 1.78. The van der Waals surface area contributed by atoms with Gasteiger partial charge in [0.15, 0.2) is 5.82 Å². The van der Waals surface area contributed by atoms with Crippen molar-refractivity contribution >= 4 is 30.7 Å². The molecule has 0 aromatic carbocycles. The molecule has 0 radical (unpaired) electrons. The van der Waals surface area contributed by atoms with Crippen molar-refractivity contribution in [3.8, 4) is 5.82 Å². The van der Waals surface area contributed by atoms with Crippen molar-refractivity contribution in [3.63, 3.8) is 0 Å². The number of hydrogen-bond donors (Lipinski definition) is 1. The summed E-state index contributed by atoms with van der Waals surface area (Å²) in [5.74, 6) is 1.52. The Balaban J connectivity index is 0.00000182. The first-order valence-electron chi connectivity index (χ1n) is 9.22. The summed E-state index contributed by atoms with van der Waals surface area (Å²) in [5.41, 5.74) is 1.64. The predicted molar refractivity (Wildman–Crippen MR) is 112 cm³/mol. The summed E-state index contributed by atoms with van der Waals surface area (Å²) in [6.45, 7) is 7.89. The maximum atomic E-state index is 13.0. The molecule has 6 nitrogen and oxygen atoms in total. The second kappa shape index (κ2) is 11.3. The molecule has 3 rings (SSSR count). The van der Waals surface area contributed by atoms with E-state index in [-0.39, 0.29) is 30.7 Å². The van der Waals surface area contributed by atoms with Gasteiger partial charge in [0, 0.05) is 19.3 Å². The number of hydrogen-bond acceptors (Lipinski definition) is 4.